The third kappa shape index (κ3) is 3.01. The lowest BCUT2D eigenvalue weighted by Gasteiger charge is -2.35. The average molecular weight is 288 g/mol. The summed E-state index contributed by atoms with van der Waals surface area (Å²) in [5.41, 5.74) is 2.50. The molecule has 3 nitrogen and oxygen atoms in total. The van der Waals surface area contributed by atoms with Gasteiger partial charge in [-0.3, -0.25) is 9.88 Å². The molecule has 0 saturated carbocycles. The molecule has 0 radical (unpaired) electrons. The number of piperazine rings is 1. The van der Waals surface area contributed by atoms with E-state index in [0.29, 0.717) is 0 Å². The zero-order valence-corrected chi connectivity index (χ0v) is 12.1. The van der Waals surface area contributed by atoms with Gasteiger partial charge in [-0.05, 0) is 29.3 Å². The number of nitrogens with one attached hydrogen (secondary N) is 1. The summed E-state index contributed by atoms with van der Waals surface area (Å²) in [6.07, 6.45) is 3.78. The number of hydrogen-bond acceptors (Lipinski definition) is 3. The lowest BCUT2D eigenvalue weighted by Crippen LogP contribution is -2.45. The van der Waals surface area contributed by atoms with E-state index in [1.807, 2.05) is 30.6 Å². The number of hydrogen-bond donors (Lipinski definition) is 1. The van der Waals surface area contributed by atoms with Gasteiger partial charge in [-0.15, -0.1) is 0 Å². The zero-order chi connectivity index (χ0) is 13.8. The Morgan fingerprint density at radius 1 is 1.05 bits per heavy atom. The van der Waals surface area contributed by atoms with Gasteiger partial charge in [0.05, 0.1) is 6.04 Å². The Hall–Kier alpha value is -1.42. The number of rotatable bonds is 3. The fraction of sp³-hybridized carbons (Fsp3) is 0.312. The maximum atomic E-state index is 6.01. The molecule has 1 fully saturated rings. The normalized spacial score (nSPS) is 17.9. The highest BCUT2D eigenvalue weighted by Crippen LogP contribution is 2.29. The fourth-order valence-electron chi connectivity index (χ4n) is 2.74. The van der Waals surface area contributed by atoms with Gasteiger partial charge < -0.3 is 5.32 Å². The highest BCUT2D eigenvalue weighted by molar-refractivity contribution is 6.30. The van der Waals surface area contributed by atoms with E-state index in [0.717, 1.165) is 31.2 Å². The number of aromatic nitrogens is 1. The minimum absolute atomic E-state index is 0.253. The summed E-state index contributed by atoms with van der Waals surface area (Å²) in [7, 11) is 0. The molecule has 1 atom stereocenters. The molecular weight excluding hydrogens is 270 g/mol. The van der Waals surface area contributed by atoms with Crippen LogP contribution >= 0.6 is 11.6 Å². The molecule has 3 rings (SSSR count). The molecule has 1 aliphatic heterocycles. The van der Waals surface area contributed by atoms with Gasteiger partial charge in [-0.25, -0.2) is 0 Å². The van der Waals surface area contributed by atoms with E-state index in [-0.39, 0.29) is 6.04 Å². The quantitative estimate of drug-likeness (QED) is 0.941. The molecule has 1 aromatic carbocycles. The van der Waals surface area contributed by atoms with Crippen molar-refractivity contribution in [3.8, 4) is 0 Å². The molecule has 104 valence electrons. The highest BCUT2D eigenvalue weighted by atomic mass is 35.5. The van der Waals surface area contributed by atoms with Gasteiger partial charge in [0.1, 0.15) is 0 Å². The van der Waals surface area contributed by atoms with Crippen molar-refractivity contribution in [3.05, 3.63) is 64.9 Å². The van der Waals surface area contributed by atoms with E-state index < -0.39 is 0 Å². The maximum absolute atomic E-state index is 6.01. The molecule has 0 bridgehead atoms. The summed E-state index contributed by atoms with van der Waals surface area (Å²) in [6, 6.07) is 12.5. The van der Waals surface area contributed by atoms with Crippen LogP contribution in [0.4, 0.5) is 0 Å². The predicted octanol–water partition coefficient (Wildman–Crippen LogP) is 2.73. The molecule has 0 spiro atoms. The molecule has 20 heavy (non-hydrogen) atoms. The van der Waals surface area contributed by atoms with Crippen LogP contribution < -0.4 is 5.32 Å². The lowest BCUT2D eigenvalue weighted by atomic mass is 9.98. The first-order valence-corrected chi connectivity index (χ1v) is 7.32. The number of pyridine rings is 1. The van der Waals surface area contributed by atoms with Crippen molar-refractivity contribution in [1.29, 1.82) is 0 Å². The summed E-state index contributed by atoms with van der Waals surface area (Å²) in [6.45, 7) is 4.15. The summed E-state index contributed by atoms with van der Waals surface area (Å²) < 4.78 is 0. The van der Waals surface area contributed by atoms with Crippen molar-refractivity contribution < 1.29 is 0 Å². The van der Waals surface area contributed by atoms with Crippen LogP contribution in [0.25, 0.3) is 0 Å². The van der Waals surface area contributed by atoms with Crippen LogP contribution in [-0.2, 0) is 0 Å². The van der Waals surface area contributed by atoms with E-state index in [1.165, 1.54) is 11.1 Å². The van der Waals surface area contributed by atoms with Crippen molar-refractivity contribution >= 4 is 11.6 Å². The first-order valence-electron chi connectivity index (χ1n) is 6.95. The van der Waals surface area contributed by atoms with Gasteiger partial charge in [0, 0.05) is 43.6 Å². The van der Waals surface area contributed by atoms with Gasteiger partial charge in [-0.1, -0.05) is 29.8 Å². The van der Waals surface area contributed by atoms with Crippen molar-refractivity contribution in [1.82, 2.24) is 15.2 Å². The molecule has 4 heteroatoms. The van der Waals surface area contributed by atoms with E-state index in [2.05, 4.69) is 33.4 Å². The van der Waals surface area contributed by atoms with Crippen molar-refractivity contribution in [2.45, 2.75) is 6.04 Å². The molecule has 0 amide bonds. The SMILES string of the molecule is Clc1ccc(C(c2cccnc2)N2CCNCC2)cc1. The molecule has 2 aromatic rings. The third-order valence-electron chi connectivity index (χ3n) is 3.70. The predicted molar refractivity (Wildman–Crippen MR) is 82.0 cm³/mol. The zero-order valence-electron chi connectivity index (χ0n) is 11.3. The number of benzene rings is 1. The monoisotopic (exact) mass is 287 g/mol. The van der Waals surface area contributed by atoms with E-state index in [9.17, 15) is 0 Å². The first-order chi connectivity index (χ1) is 9.84. The Morgan fingerprint density at radius 2 is 1.80 bits per heavy atom. The Kier molecular flexibility index (Phi) is 4.31. The van der Waals surface area contributed by atoms with Crippen LogP contribution in [0, 0.1) is 0 Å². The van der Waals surface area contributed by atoms with E-state index in [4.69, 9.17) is 11.6 Å². The Bertz CT molecular complexity index is 535. The minimum Gasteiger partial charge on any atom is -0.314 e. The third-order valence-corrected chi connectivity index (χ3v) is 3.95. The van der Waals surface area contributed by atoms with Crippen LogP contribution in [0.15, 0.2) is 48.8 Å². The van der Waals surface area contributed by atoms with Gasteiger partial charge in [0.25, 0.3) is 0 Å². The molecule has 1 aliphatic rings. The summed E-state index contributed by atoms with van der Waals surface area (Å²) >= 11 is 6.01. The molecule has 1 unspecified atom stereocenters. The van der Waals surface area contributed by atoms with Gasteiger partial charge in [-0.2, -0.15) is 0 Å². The lowest BCUT2D eigenvalue weighted by molar-refractivity contribution is 0.198. The van der Waals surface area contributed by atoms with Crippen molar-refractivity contribution in [3.63, 3.8) is 0 Å². The van der Waals surface area contributed by atoms with Crippen LogP contribution in [0.3, 0.4) is 0 Å². The largest absolute Gasteiger partial charge is 0.314 e. The summed E-state index contributed by atoms with van der Waals surface area (Å²) in [5, 5.41) is 4.18. The molecule has 0 aliphatic carbocycles. The first kappa shape index (κ1) is 13.6. The topological polar surface area (TPSA) is 28.2 Å². The van der Waals surface area contributed by atoms with Crippen LogP contribution in [0.5, 0.6) is 0 Å². The summed E-state index contributed by atoms with van der Waals surface area (Å²) in [5.74, 6) is 0. The van der Waals surface area contributed by atoms with E-state index in [1.54, 1.807) is 0 Å². The molecule has 1 N–H and O–H groups in total. The smallest absolute Gasteiger partial charge is 0.0617 e. The van der Waals surface area contributed by atoms with Crippen molar-refractivity contribution in [2.24, 2.45) is 0 Å². The van der Waals surface area contributed by atoms with Crippen molar-refractivity contribution in [2.75, 3.05) is 26.2 Å². The standard InChI is InChI=1S/C16H18ClN3/c17-15-5-3-13(4-6-15)16(14-2-1-7-19-12-14)20-10-8-18-9-11-20/h1-7,12,16,18H,8-11H2. The van der Waals surface area contributed by atoms with Gasteiger partial charge in [0.15, 0.2) is 0 Å². The Labute approximate surface area is 124 Å². The minimum atomic E-state index is 0.253. The van der Waals surface area contributed by atoms with Crippen LogP contribution in [0.2, 0.25) is 5.02 Å². The molecule has 2 heterocycles. The second kappa shape index (κ2) is 6.35. The Morgan fingerprint density at radius 3 is 2.45 bits per heavy atom. The maximum Gasteiger partial charge on any atom is 0.0617 e. The second-order valence-corrected chi connectivity index (χ2v) is 5.46. The summed E-state index contributed by atoms with van der Waals surface area (Å²) in [4.78, 5) is 6.77. The number of halogens is 1. The molecule has 1 saturated heterocycles. The van der Waals surface area contributed by atoms with Crippen LogP contribution in [-0.4, -0.2) is 36.1 Å². The van der Waals surface area contributed by atoms with Gasteiger partial charge >= 0.3 is 0 Å². The second-order valence-electron chi connectivity index (χ2n) is 5.03. The van der Waals surface area contributed by atoms with Gasteiger partial charge in [0.2, 0.25) is 0 Å². The molecule has 1 aromatic heterocycles. The van der Waals surface area contributed by atoms with E-state index >= 15 is 0 Å². The molecular formula is C16H18ClN3. The van der Waals surface area contributed by atoms with Crippen LogP contribution in [0.1, 0.15) is 17.2 Å². The fourth-order valence-corrected chi connectivity index (χ4v) is 2.86. The average Bonchev–Trinajstić information content (AvgIpc) is 2.52. The highest BCUT2D eigenvalue weighted by Gasteiger charge is 2.23. The number of nitrogens with zero attached hydrogens (tertiary/aromatic N) is 2. The Balaban J connectivity index is 1.96.